The summed E-state index contributed by atoms with van der Waals surface area (Å²) in [5, 5.41) is 0. The van der Waals surface area contributed by atoms with Crippen LogP contribution in [0.2, 0.25) is 0 Å². The van der Waals surface area contributed by atoms with Gasteiger partial charge in [0.05, 0.1) is 6.26 Å². The molecule has 0 aliphatic carbocycles. The van der Waals surface area contributed by atoms with Crippen molar-refractivity contribution in [1.82, 2.24) is 0 Å². The van der Waals surface area contributed by atoms with E-state index in [2.05, 4.69) is 20.4 Å². The molecule has 0 aliphatic heterocycles. The molecule has 0 aliphatic rings. The van der Waals surface area contributed by atoms with Crippen LogP contribution in [0.25, 0.3) is 0 Å². The lowest BCUT2D eigenvalue weighted by molar-refractivity contribution is -0.130. The quantitative estimate of drug-likeness (QED) is 0.514. The summed E-state index contributed by atoms with van der Waals surface area (Å²) < 4.78 is 10.3. The third-order valence-corrected chi connectivity index (χ3v) is 3.12. The van der Waals surface area contributed by atoms with Gasteiger partial charge >= 0.3 is 5.97 Å². The van der Waals surface area contributed by atoms with E-state index in [4.69, 9.17) is 9.15 Å². The van der Waals surface area contributed by atoms with E-state index >= 15 is 0 Å². The summed E-state index contributed by atoms with van der Waals surface area (Å²) in [7, 11) is 0. The number of unbranched alkanes of at least 4 members (excludes halogenated alkanes) is 1. The van der Waals surface area contributed by atoms with Crippen molar-refractivity contribution in [3.05, 3.63) is 30.5 Å². The Bertz CT molecular complexity index is 379. The summed E-state index contributed by atoms with van der Waals surface area (Å²) in [4.78, 5) is 11.2. The molecule has 3 nitrogen and oxygen atoms in total. The van der Waals surface area contributed by atoms with Crippen molar-refractivity contribution in [3.63, 3.8) is 0 Å². The van der Waals surface area contributed by atoms with Crippen molar-refractivity contribution in [3.8, 4) is 5.95 Å². The number of esters is 1. The number of rotatable bonds is 8. The fraction of sp³-hybridized carbons (Fsp3) is 0.533. The van der Waals surface area contributed by atoms with Crippen LogP contribution in [-0.4, -0.2) is 5.97 Å². The van der Waals surface area contributed by atoms with Crippen LogP contribution in [0.15, 0.2) is 29.4 Å². The maximum atomic E-state index is 11.2. The lowest BCUT2D eigenvalue weighted by Crippen LogP contribution is -2.07. The smallest absolute Gasteiger partial charge is 0.337 e. The van der Waals surface area contributed by atoms with Gasteiger partial charge in [-0.05, 0) is 18.4 Å². The van der Waals surface area contributed by atoms with Gasteiger partial charge in [0.2, 0.25) is 0 Å². The van der Waals surface area contributed by atoms with Crippen LogP contribution in [0.3, 0.4) is 0 Å². The first-order valence-electron chi connectivity index (χ1n) is 6.61. The average molecular weight is 250 g/mol. The maximum absolute atomic E-state index is 11.2. The number of hydrogen-bond donors (Lipinski definition) is 0. The second-order valence-electron chi connectivity index (χ2n) is 4.48. The van der Waals surface area contributed by atoms with E-state index in [1.807, 2.05) is 6.07 Å². The minimum atomic E-state index is -0.479. The normalized spacial score (nSPS) is 12.1. The molecule has 0 fully saturated rings. The zero-order valence-corrected chi connectivity index (χ0v) is 11.3. The SMILES string of the molecule is C=CC(=O)Oc1occc1CC(CC)CCCC. The molecule has 1 heterocycles. The van der Waals surface area contributed by atoms with Crippen LogP contribution < -0.4 is 4.74 Å². The van der Waals surface area contributed by atoms with Gasteiger partial charge < -0.3 is 9.15 Å². The fourth-order valence-electron chi connectivity index (χ4n) is 1.95. The van der Waals surface area contributed by atoms with Crippen LogP contribution in [0.1, 0.15) is 45.1 Å². The van der Waals surface area contributed by atoms with Gasteiger partial charge in [-0.2, -0.15) is 0 Å². The second kappa shape index (κ2) is 7.75. The largest absolute Gasteiger partial charge is 0.434 e. The first kappa shape index (κ1) is 14.6. The minimum absolute atomic E-state index is 0.315. The summed E-state index contributed by atoms with van der Waals surface area (Å²) in [6.07, 6.45) is 8.37. The van der Waals surface area contributed by atoms with E-state index < -0.39 is 5.97 Å². The Morgan fingerprint density at radius 3 is 2.94 bits per heavy atom. The highest BCUT2D eigenvalue weighted by molar-refractivity contribution is 5.83. The Hall–Kier alpha value is -1.51. The molecular weight excluding hydrogens is 228 g/mol. The third-order valence-electron chi connectivity index (χ3n) is 3.12. The molecule has 0 saturated carbocycles. The first-order valence-corrected chi connectivity index (χ1v) is 6.61. The first-order chi connectivity index (χ1) is 8.71. The van der Waals surface area contributed by atoms with Crippen molar-refractivity contribution in [2.75, 3.05) is 0 Å². The number of carbonyl (C=O) groups excluding carboxylic acids is 1. The van der Waals surface area contributed by atoms with Crippen LogP contribution in [0.5, 0.6) is 5.95 Å². The molecule has 0 bridgehead atoms. The number of carbonyl (C=O) groups is 1. The molecule has 1 aromatic heterocycles. The van der Waals surface area contributed by atoms with E-state index in [0.717, 1.165) is 24.5 Å². The molecule has 0 aromatic carbocycles. The molecule has 0 amide bonds. The summed E-state index contributed by atoms with van der Waals surface area (Å²) in [6, 6.07) is 1.88. The topological polar surface area (TPSA) is 39.4 Å². The molecule has 1 unspecified atom stereocenters. The molecule has 1 rings (SSSR count). The lowest BCUT2D eigenvalue weighted by atomic mass is 9.93. The maximum Gasteiger partial charge on any atom is 0.337 e. The highest BCUT2D eigenvalue weighted by Gasteiger charge is 2.15. The van der Waals surface area contributed by atoms with Crippen molar-refractivity contribution >= 4 is 5.97 Å². The summed E-state index contributed by atoms with van der Waals surface area (Å²) in [5.41, 5.74) is 0.966. The molecule has 1 atom stereocenters. The monoisotopic (exact) mass is 250 g/mol. The summed E-state index contributed by atoms with van der Waals surface area (Å²) >= 11 is 0. The van der Waals surface area contributed by atoms with Crippen molar-refractivity contribution < 1.29 is 13.9 Å². The second-order valence-corrected chi connectivity index (χ2v) is 4.48. The van der Waals surface area contributed by atoms with E-state index in [0.29, 0.717) is 11.9 Å². The molecule has 100 valence electrons. The average Bonchev–Trinajstić information content (AvgIpc) is 2.81. The molecule has 0 N–H and O–H groups in total. The van der Waals surface area contributed by atoms with Crippen LogP contribution in [-0.2, 0) is 11.2 Å². The van der Waals surface area contributed by atoms with Crippen molar-refractivity contribution in [2.45, 2.75) is 46.0 Å². The Morgan fingerprint density at radius 2 is 2.33 bits per heavy atom. The van der Waals surface area contributed by atoms with Crippen molar-refractivity contribution in [1.29, 1.82) is 0 Å². The van der Waals surface area contributed by atoms with Gasteiger partial charge in [0.15, 0.2) is 0 Å². The van der Waals surface area contributed by atoms with Gasteiger partial charge in [-0.15, -0.1) is 0 Å². The number of hydrogen-bond acceptors (Lipinski definition) is 3. The lowest BCUT2D eigenvalue weighted by Gasteiger charge is -2.13. The predicted octanol–water partition coefficient (Wildman–Crippen LogP) is 4.13. The Kier molecular flexibility index (Phi) is 6.26. The van der Waals surface area contributed by atoms with E-state index in [-0.39, 0.29) is 0 Å². The van der Waals surface area contributed by atoms with Gasteiger partial charge in [-0.3, -0.25) is 0 Å². The van der Waals surface area contributed by atoms with Gasteiger partial charge in [0, 0.05) is 11.6 Å². The zero-order valence-electron chi connectivity index (χ0n) is 11.3. The van der Waals surface area contributed by atoms with Crippen LogP contribution in [0.4, 0.5) is 0 Å². The minimum Gasteiger partial charge on any atom is -0.434 e. The third kappa shape index (κ3) is 4.40. The number of ether oxygens (including phenoxy) is 1. The molecular formula is C15H22O3. The molecule has 0 radical (unpaired) electrons. The summed E-state index contributed by atoms with van der Waals surface area (Å²) in [5.74, 6) is 0.450. The molecule has 1 aromatic rings. The van der Waals surface area contributed by atoms with Crippen molar-refractivity contribution in [2.24, 2.45) is 5.92 Å². The molecule has 3 heteroatoms. The summed E-state index contributed by atoms with van der Waals surface area (Å²) in [6.45, 7) is 7.76. The van der Waals surface area contributed by atoms with E-state index in [1.54, 1.807) is 6.26 Å². The van der Waals surface area contributed by atoms with E-state index in [1.165, 1.54) is 19.3 Å². The zero-order chi connectivity index (χ0) is 13.4. The highest BCUT2D eigenvalue weighted by atomic mass is 16.6. The van der Waals surface area contributed by atoms with Gasteiger partial charge in [0.25, 0.3) is 5.95 Å². The highest BCUT2D eigenvalue weighted by Crippen LogP contribution is 2.26. The van der Waals surface area contributed by atoms with Crippen LogP contribution >= 0.6 is 0 Å². The Labute approximate surface area is 109 Å². The molecule has 18 heavy (non-hydrogen) atoms. The Morgan fingerprint density at radius 1 is 1.56 bits per heavy atom. The predicted molar refractivity (Wildman–Crippen MR) is 71.6 cm³/mol. The van der Waals surface area contributed by atoms with Gasteiger partial charge in [0.1, 0.15) is 0 Å². The van der Waals surface area contributed by atoms with Crippen LogP contribution in [0, 0.1) is 5.92 Å². The van der Waals surface area contributed by atoms with Gasteiger partial charge in [-0.1, -0.05) is 46.1 Å². The molecule has 0 spiro atoms. The standard InChI is InChI=1S/C15H22O3/c1-4-7-8-12(5-2)11-13-9-10-17-15(13)18-14(16)6-3/h6,9-10,12H,3-5,7-8,11H2,1-2H3. The molecule has 0 saturated heterocycles. The van der Waals surface area contributed by atoms with E-state index in [9.17, 15) is 4.79 Å². The van der Waals surface area contributed by atoms with Gasteiger partial charge in [-0.25, -0.2) is 4.79 Å². The number of furan rings is 1. The fourth-order valence-corrected chi connectivity index (χ4v) is 1.95. The Balaban J connectivity index is 2.62.